The largest absolute Gasteiger partial charge is 0.413 e. The van der Waals surface area contributed by atoms with E-state index in [-0.39, 0.29) is 5.04 Å². The lowest BCUT2D eigenvalue weighted by Crippen LogP contribution is -2.40. The quantitative estimate of drug-likeness (QED) is 0.713. The van der Waals surface area contributed by atoms with Crippen molar-refractivity contribution in [2.75, 3.05) is 0 Å². The lowest BCUT2D eigenvalue weighted by molar-refractivity contribution is 0.276. The van der Waals surface area contributed by atoms with Crippen LogP contribution in [0.25, 0.3) is 10.9 Å². The Morgan fingerprint density at radius 2 is 1.76 bits per heavy atom. The van der Waals surface area contributed by atoms with Crippen molar-refractivity contribution in [3.05, 3.63) is 41.6 Å². The van der Waals surface area contributed by atoms with Crippen LogP contribution in [0.5, 0.6) is 0 Å². The second kappa shape index (κ2) is 5.89. The molecule has 0 amide bonds. The Bertz CT molecular complexity index is 629. The molecule has 0 N–H and O–H groups in total. The highest BCUT2D eigenvalue weighted by Crippen LogP contribution is 2.37. The van der Waals surface area contributed by atoms with Crippen molar-refractivity contribution in [1.29, 1.82) is 0 Å². The highest BCUT2D eigenvalue weighted by molar-refractivity contribution is 6.74. The second-order valence-corrected chi connectivity index (χ2v) is 12.1. The van der Waals surface area contributed by atoms with Crippen LogP contribution < -0.4 is 0 Å². The zero-order chi connectivity index (χ0) is 15.7. The number of benzene rings is 1. The molecule has 1 heterocycles. The van der Waals surface area contributed by atoms with Crippen LogP contribution in [0.1, 0.15) is 38.8 Å². The Kier molecular flexibility index (Phi) is 4.54. The SMILES string of the molecule is CCc1cnc2ccc(CO[Si](C)(C)C(C)(C)C)cc2c1. The first kappa shape index (κ1) is 16.2. The Labute approximate surface area is 129 Å². The third-order valence-corrected chi connectivity index (χ3v) is 9.09. The fourth-order valence-electron chi connectivity index (χ4n) is 1.99. The van der Waals surface area contributed by atoms with Crippen molar-refractivity contribution in [1.82, 2.24) is 4.98 Å². The molecule has 0 atom stereocenters. The lowest BCUT2D eigenvalue weighted by atomic mass is 10.1. The topological polar surface area (TPSA) is 22.1 Å². The van der Waals surface area contributed by atoms with Crippen LogP contribution in [0.4, 0.5) is 0 Å². The maximum Gasteiger partial charge on any atom is 0.192 e. The van der Waals surface area contributed by atoms with Crippen LogP contribution in [0.3, 0.4) is 0 Å². The van der Waals surface area contributed by atoms with Gasteiger partial charge in [0.2, 0.25) is 0 Å². The molecule has 21 heavy (non-hydrogen) atoms. The zero-order valence-corrected chi connectivity index (χ0v) is 15.2. The first-order chi connectivity index (χ1) is 9.73. The summed E-state index contributed by atoms with van der Waals surface area (Å²) in [5.41, 5.74) is 3.58. The van der Waals surface area contributed by atoms with Crippen molar-refractivity contribution in [3.8, 4) is 0 Å². The van der Waals surface area contributed by atoms with Gasteiger partial charge in [0.05, 0.1) is 12.1 Å². The fourth-order valence-corrected chi connectivity index (χ4v) is 2.95. The number of nitrogens with zero attached hydrogens (tertiary/aromatic N) is 1. The standard InChI is InChI=1S/C18H27NOSi/c1-7-14-10-16-11-15(8-9-17(16)19-12-14)13-20-21(5,6)18(2,3)4/h8-12H,7,13H2,1-6H3. The summed E-state index contributed by atoms with van der Waals surface area (Å²) in [4.78, 5) is 4.51. The van der Waals surface area contributed by atoms with Crippen molar-refractivity contribution in [3.63, 3.8) is 0 Å². The summed E-state index contributed by atoms with van der Waals surface area (Å²) in [6, 6.07) is 8.68. The summed E-state index contributed by atoms with van der Waals surface area (Å²) in [7, 11) is -1.69. The van der Waals surface area contributed by atoms with Gasteiger partial charge >= 0.3 is 0 Å². The summed E-state index contributed by atoms with van der Waals surface area (Å²) < 4.78 is 6.30. The van der Waals surface area contributed by atoms with Gasteiger partial charge in [0.25, 0.3) is 0 Å². The van der Waals surface area contributed by atoms with Gasteiger partial charge in [-0.3, -0.25) is 4.98 Å². The number of pyridine rings is 1. The van der Waals surface area contributed by atoms with Gasteiger partial charge < -0.3 is 4.43 Å². The monoisotopic (exact) mass is 301 g/mol. The molecule has 0 bridgehead atoms. The lowest BCUT2D eigenvalue weighted by Gasteiger charge is -2.36. The van der Waals surface area contributed by atoms with Gasteiger partial charge in [-0.05, 0) is 53.9 Å². The van der Waals surface area contributed by atoms with Gasteiger partial charge in [0.1, 0.15) is 0 Å². The molecule has 2 rings (SSSR count). The van der Waals surface area contributed by atoms with Gasteiger partial charge in [-0.25, -0.2) is 0 Å². The summed E-state index contributed by atoms with van der Waals surface area (Å²) in [6.45, 7) is 14.3. The van der Waals surface area contributed by atoms with E-state index in [2.05, 4.69) is 70.0 Å². The maximum absolute atomic E-state index is 6.30. The van der Waals surface area contributed by atoms with E-state index >= 15 is 0 Å². The van der Waals surface area contributed by atoms with Crippen LogP contribution in [-0.4, -0.2) is 13.3 Å². The molecule has 0 aliphatic heterocycles. The molecule has 2 nitrogen and oxygen atoms in total. The molecule has 1 aromatic heterocycles. The number of aryl methyl sites for hydroxylation is 1. The number of hydrogen-bond acceptors (Lipinski definition) is 2. The van der Waals surface area contributed by atoms with E-state index in [0.717, 1.165) is 11.9 Å². The molecule has 0 fully saturated rings. The molecule has 0 saturated heterocycles. The predicted molar refractivity (Wildman–Crippen MR) is 93.1 cm³/mol. The molecule has 0 aliphatic carbocycles. The van der Waals surface area contributed by atoms with E-state index in [1.54, 1.807) is 0 Å². The minimum Gasteiger partial charge on any atom is -0.413 e. The predicted octanol–water partition coefficient (Wildman–Crippen LogP) is 5.32. The van der Waals surface area contributed by atoms with E-state index in [1.165, 1.54) is 16.5 Å². The molecule has 2 aromatic rings. The van der Waals surface area contributed by atoms with Crippen molar-refractivity contribution in [2.24, 2.45) is 0 Å². The van der Waals surface area contributed by atoms with Crippen molar-refractivity contribution in [2.45, 2.75) is 58.9 Å². The van der Waals surface area contributed by atoms with E-state index in [0.29, 0.717) is 6.61 Å². The normalized spacial score (nSPS) is 12.9. The highest BCUT2D eigenvalue weighted by Gasteiger charge is 2.36. The summed E-state index contributed by atoms with van der Waals surface area (Å²) in [6.07, 6.45) is 2.99. The first-order valence-corrected chi connectivity index (χ1v) is 10.7. The van der Waals surface area contributed by atoms with Crippen LogP contribution in [0.15, 0.2) is 30.5 Å². The fraction of sp³-hybridized carbons (Fsp3) is 0.500. The van der Waals surface area contributed by atoms with Gasteiger partial charge in [-0.1, -0.05) is 33.8 Å². The summed E-state index contributed by atoms with van der Waals surface area (Å²) in [5, 5.41) is 1.46. The summed E-state index contributed by atoms with van der Waals surface area (Å²) >= 11 is 0. The molecule has 0 radical (unpaired) electrons. The third-order valence-electron chi connectivity index (χ3n) is 4.62. The van der Waals surface area contributed by atoms with Gasteiger partial charge in [0, 0.05) is 11.6 Å². The first-order valence-electron chi connectivity index (χ1n) is 7.74. The maximum atomic E-state index is 6.30. The van der Waals surface area contributed by atoms with Gasteiger partial charge in [-0.2, -0.15) is 0 Å². The van der Waals surface area contributed by atoms with E-state index < -0.39 is 8.32 Å². The van der Waals surface area contributed by atoms with E-state index in [9.17, 15) is 0 Å². The number of fused-ring (bicyclic) bond motifs is 1. The second-order valence-electron chi connectivity index (χ2n) is 7.27. The Morgan fingerprint density at radius 1 is 1.10 bits per heavy atom. The number of hydrogen-bond donors (Lipinski definition) is 0. The minimum absolute atomic E-state index is 0.251. The third kappa shape index (κ3) is 3.72. The Morgan fingerprint density at radius 3 is 2.38 bits per heavy atom. The molecule has 0 saturated carbocycles. The molecule has 0 spiro atoms. The van der Waals surface area contributed by atoms with Crippen LogP contribution in [0, 0.1) is 0 Å². The average molecular weight is 302 g/mol. The zero-order valence-electron chi connectivity index (χ0n) is 14.2. The van der Waals surface area contributed by atoms with Crippen molar-refractivity contribution < 1.29 is 4.43 Å². The van der Waals surface area contributed by atoms with Gasteiger partial charge in [-0.15, -0.1) is 0 Å². The molecule has 3 heteroatoms. The molecular weight excluding hydrogens is 274 g/mol. The molecule has 1 aromatic carbocycles. The van der Waals surface area contributed by atoms with E-state index in [1.807, 2.05) is 6.20 Å². The molecule has 0 aliphatic rings. The molecule has 114 valence electrons. The molecule has 0 unspecified atom stereocenters. The number of rotatable bonds is 4. The van der Waals surface area contributed by atoms with Crippen molar-refractivity contribution >= 4 is 19.2 Å². The van der Waals surface area contributed by atoms with Crippen LogP contribution in [0.2, 0.25) is 18.1 Å². The molecular formula is C18H27NOSi. The average Bonchev–Trinajstić information content (AvgIpc) is 2.43. The van der Waals surface area contributed by atoms with Crippen LogP contribution >= 0.6 is 0 Å². The summed E-state index contributed by atoms with van der Waals surface area (Å²) in [5.74, 6) is 0. The van der Waals surface area contributed by atoms with E-state index in [4.69, 9.17) is 4.43 Å². The Balaban J connectivity index is 2.19. The van der Waals surface area contributed by atoms with Gasteiger partial charge in [0.15, 0.2) is 8.32 Å². The highest BCUT2D eigenvalue weighted by atomic mass is 28.4. The van der Waals surface area contributed by atoms with Crippen LogP contribution in [-0.2, 0) is 17.5 Å². The Hall–Kier alpha value is -1.19. The number of aromatic nitrogens is 1. The minimum atomic E-state index is -1.69. The smallest absolute Gasteiger partial charge is 0.192 e.